The Balaban J connectivity index is 1.91. The minimum atomic E-state index is -4.38. The van der Waals surface area contributed by atoms with Crippen LogP contribution in [-0.2, 0) is 17.4 Å². The minimum absolute atomic E-state index is 0.164. The number of benzene rings is 3. The molecule has 1 amide bonds. The molecule has 0 aliphatic carbocycles. The molecule has 0 aromatic heterocycles. The summed E-state index contributed by atoms with van der Waals surface area (Å²) in [7, 11) is 6.99. The summed E-state index contributed by atoms with van der Waals surface area (Å²) in [6.45, 7) is 1.18. The van der Waals surface area contributed by atoms with Gasteiger partial charge in [0.25, 0.3) is 0 Å². The SMILES string of the molecule is COc1ccc(C(CCc2ccc(C(F)(F)F)cc2)N[C@@H](C(=O)NCCN(C)C)c2ccccc2)cc1OC. The van der Waals surface area contributed by atoms with Crippen LogP contribution < -0.4 is 20.1 Å². The Kier molecular flexibility index (Phi) is 10.8. The van der Waals surface area contributed by atoms with Crippen LogP contribution in [0, 0.1) is 0 Å². The van der Waals surface area contributed by atoms with Crippen LogP contribution in [0.1, 0.15) is 40.8 Å². The van der Waals surface area contributed by atoms with Gasteiger partial charge in [-0.1, -0.05) is 48.5 Å². The third-order valence-electron chi connectivity index (χ3n) is 6.43. The highest BCUT2D eigenvalue weighted by atomic mass is 19.4. The predicted octanol–water partition coefficient (Wildman–Crippen LogP) is 5.41. The maximum atomic E-state index is 13.4. The van der Waals surface area contributed by atoms with Crippen LogP contribution in [0.2, 0.25) is 0 Å². The molecule has 0 fully saturated rings. The quantitative estimate of drug-likeness (QED) is 0.302. The number of aryl methyl sites for hydroxylation is 1. The molecule has 0 spiro atoms. The zero-order valence-corrected chi connectivity index (χ0v) is 22.7. The molecule has 39 heavy (non-hydrogen) atoms. The molecule has 2 N–H and O–H groups in total. The maximum absolute atomic E-state index is 13.4. The van der Waals surface area contributed by atoms with Crippen molar-refractivity contribution >= 4 is 5.91 Å². The van der Waals surface area contributed by atoms with Gasteiger partial charge in [-0.25, -0.2) is 0 Å². The Labute approximate surface area is 228 Å². The first kappa shape index (κ1) is 30.0. The lowest BCUT2D eigenvalue weighted by molar-refractivity contribution is -0.137. The summed E-state index contributed by atoms with van der Waals surface area (Å²) in [4.78, 5) is 15.4. The van der Waals surface area contributed by atoms with Gasteiger partial charge in [-0.3, -0.25) is 10.1 Å². The van der Waals surface area contributed by atoms with Crippen molar-refractivity contribution in [2.45, 2.75) is 31.1 Å². The number of rotatable bonds is 13. The van der Waals surface area contributed by atoms with Gasteiger partial charge in [0.05, 0.1) is 19.8 Å². The molecular formula is C30H36F3N3O3. The van der Waals surface area contributed by atoms with Crippen LogP contribution >= 0.6 is 0 Å². The van der Waals surface area contributed by atoms with Crippen molar-refractivity contribution in [3.63, 3.8) is 0 Å². The highest BCUT2D eigenvalue weighted by molar-refractivity contribution is 5.83. The van der Waals surface area contributed by atoms with E-state index in [1.54, 1.807) is 20.3 Å². The zero-order valence-electron chi connectivity index (χ0n) is 22.7. The summed E-state index contributed by atoms with van der Waals surface area (Å²) in [6.07, 6.45) is -3.37. The lowest BCUT2D eigenvalue weighted by Gasteiger charge is -2.27. The smallest absolute Gasteiger partial charge is 0.416 e. The number of ether oxygens (including phenoxy) is 2. The van der Waals surface area contributed by atoms with Gasteiger partial charge in [0.15, 0.2) is 11.5 Å². The molecule has 6 nitrogen and oxygen atoms in total. The normalized spacial score (nSPS) is 13.1. The van der Waals surface area contributed by atoms with E-state index in [9.17, 15) is 18.0 Å². The average Bonchev–Trinajstić information content (AvgIpc) is 2.92. The fourth-order valence-electron chi connectivity index (χ4n) is 4.26. The van der Waals surface area contributed by atoms with E-state index in [-0.39, 0.29) is 11.9 Å². The Hall–Kier alpha value is -3.56. The van der Waals surface area contributed by atoms with E-state index in [0.717, 1.165) is 28.8 Å². The van der Waals surface area contributed by atoms with Gasteiger partial charge < -0.3 is 19.7 Å². The van der Waals surface area contributed by atoms with Crippen LogP contribution in [-0.4, -0.2) is 52.2 Å². The van der Waals surface area contributed by atoms with Gasteiger partial charge in [0.1, 0.15) is 6.04 Å². The van der Waals surface area contributed by atoms with E-state index in [4.69, 9.17) is 9.47 Å². The summed E-state index contributed by atoms with van der Waals surface area (Å²) in [5.74, 6) is 0.954. The van der Waals surface area contributed by atoms with Crippen molar-refractivity contribution in [3.8, 4) is 11.5 Å². The predicted molar refractivity (Wildman–Crippen MR) is 146 cm³/mol. The molecule has 0 aliphatic rings. The maximum Gasteiger partial charge on any atom is 0.416 e. The number of amides is 1. The number of hydrogen-bond donors (Lipinski definition) is 2. The second-order valence-electron chi connectivity index (χ2n) is 9.51. The Morgan fingerprint density at radius 3 is 2.15 bits per heavy atom. The van der Waals surface area contributed by atoms with Gasteiger partial charge in [0.2, 0.25) is 5.91 Å². The van der Waals surface area contributed by atoms with Gasteiger partial charge in [-0.15, -0.1) is 0 Å². The molecule has 3 aromatic carbocycles. The monoisotopic (exact) mass is 543 g/mol. The van der Waals surface area contributed by atoms with E-state index < -0.39 is 17.8 Å². The molecule has 0 aliphatic heterocycles. The molecule has 2 atom stereocenters. The third kappa shape index (κ3) is 8.73. The van der Waals surface area contributed by atoms with Crippen LogP contribution in [0.4, 0.5) is 13.2 Å². The first-order chi connectivity index (χ1) is 18.6. The molecule has 0 radical (unpaired) electrons. The number of halogens is 3. The van der Waals surface area contributed by atoms with Crippen LogP contribution in [0.3, 0.4) is 0 Å². The molecule has 210 valence electrons. The minimum Gasteiger partial charge on any atom is -0.493 e. The van der Waals surface area contributed by atoms with Gasteiger partial charge >= 0.3 is 6.18 Å². The van der Waals surface area contributed by atoms with Crippen LogP contribution in [0.15, 0.2) is 72.8 Å². The second kappa shape index (κ2) is 14.0. The second-order valence-corrected chi connectivity index (χ2v) is 9.51. The van der Waals surface area contributed by atoms with Crippen molar-refractivity contribution in [2.75, 3.05) is 41.4 Å². The van der Waals surface area contributed by atoms with Crippen molar-refractivity contribution < 1.29 is 27.4 Å². The van der Waals surface area contributed by atoms with E-state index >= 15 is 0 Å². The lowest BCUT2D eigenvalue weighted by Crippen LogP contribution is -2.41. The largest absolute Gasteiger partial charge is 0.493 e. The third-order valence-corrected chi connectivity index (χ3v) is 6.43. The van der Waals surface area contributed by atoms with Crippen LogP contribution in [0.25, 0.3) is 0 Å². The zero-order chi connectivity index (χ0) is 28.4. The van der Waals surface area contributed by atoms with Gasteiger partial charge in [-0.05, 0) is 67.9 Å². The van der Waals surface area contributed by atoms with Crippen LogP contribution in [0.5, 0.6) is 11.5 Å². The number of likely N-dealkylation sites (N-methyl/N-ethyl adjacent to an activating group) is 1. The van der Waals surface area contributed by atoms with Crippen molar-refractivity contribution in [1.29, 1.82) is 0 Å². The number of hydrogen-bond acceptors (Lipinski definition) is 5. The summed E-state index contributed by atoms with van der Waals surface area (Å²) in [5.41, 5.74) is 1.75. The van der Waals surface area contributed by atoms with E-state index in [0.29, 0.717) is 37.4 Å². The molecule has 0 heterocycles. The number of nitrogens with one attached hydrogen (secondary N) is 2. The Bertz CT molecular complexity index is 1190. The molecule has 0 bridgehead atoms. The Morgan fingerprint density at radius 1 is 0.897 bits per heavy atom. The van der Waals surface area contributed by atoms with Crippen molar-refractivity contribution in [3.05, 3.63) is 95.1 Å². The van der Waals surface area contributed by atoms with Crippen molar-refractivity contribution in [1.82, 2.24) is 15.5 Å². The van der Waals surface area contributed by atoms with Gasteiger partial charge in [-0.2, -0.15) is 13.2 Å². The lowest BCUT2D eigenvalue weighted by atomic mass is 9.95. The molecule has 9 heteroatoms. The molecule has 3 rings (SSSR count). The fourth-order valence-corrected chi connectivity index (χ4v) is 4.26. The number of nitrogens with zero attached hydrogens (tertiary/aromatic N) is 1. The number of carbonyl (C=O) groups excluding carboxylic acids is 1. The van der Waals surface area contributed by atoms with E-state index in [1.807, 2.05) is 61.5 Å². The molecule has 1 unspecified atom stereocenters. The number of methoxy groups -OCH3 is 2. The fraction of sp³-hybridized carbons (Fsp3) is 0.367. The molecule has 0 saturated heterocycles. The highest BCUT2D eigenvalue weighted by Crippen LogP contribution is 2.33. The first-order valence-corrected chi connectivity index (χ1v) is 12.7. The Morgan fingerprint density at radius 2 is 1.56 bits per heavy atom. The van der Waals surface area contributed by atoms with Crippen molar-refractivity contribution in [2.24, 2.45) is 0 Å². The number of carbonyl (C=O) groups is 1. The average molecular weight is 544 g/mol. The topological polar surface area (TPSA) is 62.8 Å². The summed E-state index contributed by atoms with van der Waals surface area (Å²) in [5, 5.41) is 6.53. The standard InChI is InChI=1S/C30H36F3N3O3/c1-36(2)19-18-34-29(37)28(22-8-6-5-7-9-22)35-25(23-13-17-26(38-3)27(20-23)39-4)16-12-21-10-14-24(15-11-21)30(31,32)33/h5-11,13-15,17,20,25,28,35H,12,16,18-19H2,1-4H3,(H,34,37)/t25?,28-/m1/s1. The number of alkyl halides is 3. The summed E-state index contributed by atoms with van der Waals surface area (Å²) in [6, 6.07) is 19.2. The first-order valence-electron chi connectivity index (χ1n) is 12.7. The molecular weight excluding hydrogens is 507 g/mol. The molecule has 3 aromatic rings. The van der Waals surface area contributed by atoms with E-state index in [2.05, 4.69) is 10.6 Å². The highest BCUT2D eigenvalue weighted by Gasteiger charge is 2.30. The van der Waals surface area contributed by atoms with Gasteiger partial charge in [0, 0.05) is 19.1 Å². The van der Waals surface area contributed by atoms with E-state index in [1.165, 1.54) is 12.1 Å². The summed E-state index contributed by atoms with van der Waals surface area (Å²) < 4.78 is 50.0. The molecule has 0 saturated carbocycles. The summed E-state index contributed by atoms with van der Waals surface area (Å²) >= 11 is 0.